The molecule has 0 aliphatic carbocycles. The summed E-state index contributed by atoms with van der Waals surface area (Å²) in [5.74, 6) is 0.849. The Morgan fingerprint density at radius 1 is 1.28 bits per heavy atom. The molecule has 1 aromatic heterocycles. The fourth-order valence-electron chi connectivity index (χ4n) is 2.75. The summed E-state index contributed by atoms with van der Waals surface area (Å²) in [7, 11) is 2.14. The molecule has 1 aliphatic heterocycles. The summed E-state index contributed by atoms with van der Waals surface area (Å²) in [5, 5.41) is 8.41. The number of H-pyrrole nitrogens is 1. The van der Waals surface area contributed by atoms with Gasteiger partial charge in [0.05, 0.1) is 30.2 Å². The molecule has 0 bridgehead atoms. The fraction of sp³-hybridized carbons (Fsp3) is 0.500. The predicted octanol–water partition coefficient (Wildman–Crippen LogP) is 2.15. The van der Waals surface area contributed by atoms with Crippen LogP contribution in [0.25, 0.3) is 10.9 Å². The summed E-state index contributed by atoms with van der Waals surface area (Å²) in [4.78, 5) is 13.2. The molecule has 2 aromatic rings. The molecule has 0 atom stereocenters. The standard InChI is InChI=1S/C18H26N6O/c1-14(2)25-15-4-5-17-16(10-15)18(22-21-17)11-19-12-20-13-24-8-6-23(3)7-9-24/h4-5,10,12-14H,6-9,11H2,1-3H3,(H,21,22). The number of hydrogen-bond acceptors (Lipinski definition) is 4. The highest BCUT2D eigenvalue weighted by Crippen LogP contribution is 2.23. The highest BCUT2D eigenvalue weighted by Gasteiger charge is 2.10. The second-order valence-corrected chi connectivity index (χ2v) is 6.61. The largest absolute Gasteiger partial charge is 0.491 e. The number of nitrogens with zero attached hydrogens (tertiary/aromatic N) is 5. The number of fused-ring (bicyclic) bond motifs is 1. The second-order valence-electron chi connectivity index (χ2n) is 6.61. The van der Waals surface area contributed by atoms with E-state index in [1.807, 2.05) is 38.4 Å². The number of ether oxygens (including phenoxy) is 1. The van der Waals surface area contributed by atoms with Crippen LogP contribution >= 0.6 is 0 Å². The maximum atomic E-state index is 5.75. The van der Waals surface area contributed by atoms with Crippen molar-refractivity contribution in [3.63, 3.8) is 0 Å². The first-order chi connectivity index (χ1) is 12.1. The molecule has 0 radical (unpaired) electrons. The number of aliphatic imine (C=N–C) groups is 2. The molecule has 0 unspecified atom stereocenters. The highest BCUT2D eigenvalue weighted by atomic mass is 16.5. The van der Waals surface area contributed by atoms with Gasteiger partial charge in [-0.2, -0.15) is 5.10 Å². The minimum atomic E-state index is 0.148. The van der Waals surface area contributed by atoms with Crippen LogP contribution in [0.4, 0.5) is 0 Å². The third-order valence-electron chi connectivity index (χ3n) is 4.14. The van der Waals surface area contributed by atoms with E-state index in [0.29, 0.717) is 6.54 Å². The van der Waals surface area contributed by atoms with Crippen LogP contribution in [-0.2, 0) is 6.54 Å². The average molecular weight is 342 g/mol. The number of piperazine rings is 1. The predicted molar refractivity (Wildman–Crippen MR) is 102 cm³/mol. The van der Waals surface area contributed by atoms with Crippen LogP contribution in [0.2, 0.25) is 0 Å². The highest BCUT2D eigenvalue weighted by molar-refractivity contribution is 5.83. The second kappa shape index (κ2) is 8.11. The van der Waals surface area contributed by atoms with Gasteiger partial charge in [0.15, 0.2) is 0 Å². The molecule has 1 N–H and O–H groups in total. The Bertz CT molecular complexity index is 743. The van der Waals surface area contributed by atoms with Gasteiger partial charge in [-0.25, -0.2) is 4.99 Å². The minimum Gasteiger partial charge on any atom is -0.491 e. The molecular formula is C18H26N6O. The van der Waals surface area contributed by atoms with E-state index >= 15 is 0 Å². The smallest absolute Gasteiger partial charge is 0.120 e. The Morgan fingerprint density at radius 2 is 2.08 bits per heavy atom. The van der Waals surface area contributed by atoms with Gasteiger partial charge in [-0.15, -0.1) is 0 Å². The van der Waals surface area contributed by atoms with Crippen LogP contribution in [0.1, 0.15) is 19.5 Å². The third kappa shape index (κ3) is 4.79. The van der Waals surface area contributed by atoms with Crippen molar-refractivity contribution < 1.29 is 4.74 Å². The van der Waals surface area contributed by atoms with Crippen molar-refractivity contribution in [1.29, 1.82) is 0 Å². The lowest BCUT2D eigenvalue weighted by Crippen LogP contribution is -2.43. The fourth-order valence-corrected chi connectivity index (χ4v) is 2.75. The molecule has 2 heterocycles. The number of hydrogen-bond donors (Lipinski definition) is 1. The zero-order valence-electron chi connectivity index (χ0n) is 15.1. The van der Waals surface area contributed by atoms with Crippen molar-refractivity contribution in [2.75, 3.05) is 33.2 Å². The Kier molecular flexibility index (Phi) is 5.65. The quantitative estimate of drug-likeness (QED) is 0.645. The maximum Gasteiger partial charge on any atom is 0.120 e. The summed E-state index contributed by atoms with van der Waals surface area (Å²) in [6.45, 7) is 8.72. The SMILES string of the molecule is CC(C)Oc1ccc2n[nH]c(CN=CN=CN3CCN(C)CC3)c2c1. The van der Waals surface area contributed by atoms with Crippen molar-refractivity contribution in [1.82, 2.24) is 20.0 Å². The number of likely N-dealkylation sites (N-methyl/N-ethyl adjacent to an activating group) is 1. The summed E-state index contributed by atoms with van der Waals surface area (Å²) < 4.78 is 5.75. The van der Waals surface area contributed by atoms with E-state index in [1.165, 1.54) is 0 Å². The first kappa shape index (κ1) is 17.4. The summed E-state index contributed by atoms with van der Waals surface area (Å²) in [6.07, 6.45) is 3.63. The lowest BCUT2D eigenvalue weighted by molar-refractivity contribution is 0.219. The molecular weight excluding hydrogens is 316 g/mol. The summed E-state index contributed by atoms with van der Waals surface area (Å²) in [5.41, 5.74) is 1.89. The monoisotopic (exact) mass is 342 g/mol. The summed E-state index contributed by atoms with van der Waals surface area (Å²) in [6, 6.07) is 5.91. The van der Waals surface area contributed by atoms with E-state index in [0.717, 1.165) is 48.5 Å². The lowest BCUT2D eigenvalue weighted by Gasteiger charge is -2.30. The van der Waals surface area contributed by atoms with Crippen LogP contribution in [-0.4, -0.2) is 72.0 Å². The molecule has 0 saturated carbocycles. The van der Waals surface area contributed by atoms with E-state index in [-0.39, 0.29) is 6.10 Å². The molecule has 3 rings (SSSR count). The van der Waals surface area contributed by atoms with Crippen LogP contribution in [0.15, 0.2) is 28.2 Å². The Morgan fingerprint density at radius 3 is 2.84 bits per heavy atom. The average Bonchev–Trinajstić information content (AvgIpc) is 2.98. The molecule has 1 aliphatic rings. The number of nitrogens with one attached hydrogen (secondary N) is 1. The van der Waals surface area contributed by atoms with E-state index in [1.54, 1.807) is 6.34 Å². The Balaban J connectivity index is 1.59. The van der Waals surface area contributed by atoms with E-state index < -0.39 is 0 Å². The van der Waals surface area contributed by atoms with Crippen LogP contribution < -0.4 is 4.74 Å². The molecule has 0 amide bonds. The topological polar surface area (TPSA) is 69.1 Å². The van der Waals surface area contributed by atoms with Crippen LogP contribution in [0, 0.1) is 0 Å². The van der Waals surface area contributed by atoms with E-state index in [9.17, 15) is 0 Å². The maximum absolute atomic E-state index is 5.75. The Labute approximate surface area is 148 Å². The number of aromatic nitrogens is 2. The molecule has 7 heteroatoms. The van der Waals surface area contributed by atoms with Gasteiger partial charge in [0, 0.05) is 31.6 Å². The zero-order valence-corrected chi connectivity index (χ0v) is 15.1. The van der Waals surface area contributed by atoms with E-state index in [4.69, 9.17) is 4.74 Å². The normalized spacial score (nSPS) is 16.7. The molecule has 1 aromatic carbocycles. The number of aromatic amines is 1. The molecule has 134 valence electrons. The van der Waals surface area contributed by atoms with Gasteiger partial charge >= 0.3 is 0 Å². The van der Waals surface area contributed by atoms with Crippen molar-refractivity contribution in [3.05, 3.63) is 23.9 Å². The molecule has 1 fully saturated rings. The van der Waals surface area contributed by atoms with Crippen molar-refractivity contribution in [2.45, 2.75) is 26.5 Å². The van der Waals surface area contributed by atoms with Gasteiger partial charge in [0.25, 0.3) is 0 Å². The minimum absolute atomic E-state index is 0.148. The van der Waals surface area contributed by atoms with Crippen molar-refractivity contribution in [2.24, 2.45) is 9.98 Å². The first-order valence-electron chi connectivity index (χ1n) is 8.69. The van der Waals surface area contributed by atoms with Gasteiger partial charge in [-0.3, -0.25) is 10.1 Å². The lowest BCUT2D eigenvalue weighted by atomic mass is 10.2. The van der Waals surface area contributed by atoms with Gasteiger partial charge < -0.3 is 14.5 Å². The van der Waals surface area contributed by atoms with E-state index in [2.05, 4.69) is 37.0 Å². The molecule has 0 spiro atoms. The van der Waals surface area contributed by atoms with Gasteiger partial charge in [0.1, 0.15) is 12.1 Å². The number of benzene rings is 1. The molecule has 7 nitrogen and oxygen atoms in total. The first-order valence-corrected chi connectivity index (χ1v) is 8.69. The van der Waals surface area contributed by atoms with Crippen molar-refractivity contribution >= 4 is 23.6 Å². The van der Waals surface area contributed by atoms with Crippen LogP contribution in [0.3, 0.4) is 0 Å². The molecule has 1 saturated heterocycles. The summed E-state index contributed by atoms with van der Waals surface area (Å²) >= 11 is 0. The third-order valence-corrected chi connectivity index (χ3v) is 4.14. The molecule has 25 heavy (non-hydrogen) atoms. The Hall–Kier alpha value is -2.41. The van der Waals surface area contributed by atoms with Gasteiger partial charge in [0.2, 0.25) is 0 Å². The van der Waals surface area contributed by atoms with Gasteiger partial charge in [-0.1, -0.05) is 0 Å². The number of rotatable bonds is 6. The van der Waals surface area contributed by atoms with Crippen LogP contribution in [0.5, 0.6) is 5.75 Å². The zero-order chi connectivity index (χ0) is 17.6. The van der Waals surface area contributed by atoms with Crippen molar-refractivity contribution in [3.8, 4) is 5.75 Å². The van der Waals surface area contributed by atoms with Gasteiger partial charge in [-0.05, 0) is 39.1 Å².